The molecule has 0 unspecified atom stereocenters. The molecule has 0 heterocycles. The fourth-order valence-electron chi connectivity index (χ4n) is 0. The van der Waals surface area contributed by atoms with Gasteiger partial charge in [-0.2, -0.15) is 8.42 Å². The summed E-state index contributed by atoms with van der Waals surface area (Å²) < 4.78 is 26.0. The first-order valence-corrected chi connectivity index (χ1v) is 2.59. The summed E-state index contributed by atoms with van der Waals surface area (Å²) >= 11 is 0. The third-order valence-electron chi connectivity index (χ3n) is 0.221. The average molecular weight is 149 g/mol. The number of hydrogen-bond donors (Lipinski definition) is 2. The van der Waals surface area contributed by atoms with Gasteiger partial charge >= 0.3 is 15.4 Å². The summed E-state index contributed by atoms with van der Waals surface area (Å²) in [7, 11) is -4.82. The van der Waals surface area contributed by atoms with Gasteiger partial charge in [0.2, 0.25) is 0 Å². The van der Waals surface area contributed by atoms with Gasteiger partial charge in [-0.1, -0.05) is 0 Å². The molecule has 0 spiro atoms. The average Bonchev–Trinajstić information content (AvgIpc) is 1.31. The third kappa shape index (κ3) is 4.54. The van der Waals surface area contributed by atoms with Crippen LogP contribution in [0.5, 0.6) is 0 Å². The van der Waals surface area contributed by atoms with E-state index in [1.54, 1.807) is 0 Å². The molecule has 43 valence electrons. The zero-order valence-electron chi connectivity index (χ0n) is 4.03. The molecule has 0 aliphatic rings. The maximum atomic E-state index is 9.29. The Morgan fingerprint density at radius 2 is 1.50 bits per heavy atom. The van der Waals surface area contributed by atoms with Gasteiger partial charge in [-0.05, 0) is 0 Å². The maximum absolute atomic E-state index is 9.29. The second kappa shape index (κ2) is 3.41. The van der Waals surface area contributed by atoms with E-state index in [0.29, 0.717) is 0 Å². The van der Waals surface area contributed by atoms with Crippen molar-refractivity contribution < 1.29 is 22.9 Å². The minimum atomic E-state index is -4.82. The van der Waals surface area contributed by atoms with Crippen molar-refractivity contribution >= 4 is 45.0 Å². The summed E-state index contributed by atoms with van der Waals surface area (Å²) in [4.78, 5) is 9.18. The quantitative estimate of drug-likeness (QED) is 0.346. The molecule has 7 heteroatoms. The Bertz CT molecular complexity index is 167. The Balaban J connectivity index is 0. The van der Waals surface area contributed by atoms with E-state index >= 15 is 0 Å². The largest absolute Gasteiger partial charge is 0.468 e. The Hall–Kier alpha value is 0.380. The van der Waals surface area contributed by atoms with Crippen molar-refractivity contribution in [3.05, 3.63) is 0 Å². The topological polar surface area (TPSA) is 91.7 Å². The summed E-state index contributed by atoms with van der Waals surface area (Å²) in [5.41, 5.74) is 0. The molecule has 0 aromatic rings. The zero-order chi connectivity index (χ0) is 6.08. The van der Waals surface area contributed by atoms with Gasteiger partial charge < -0.3 is 5.11 Å². The second-order valence-corrected chi connectivity index (χ2v) is 2.04. The van der Waals surface area contributed by atoms with E-state index in [1.807, 2.05) is 0 Å². The van der Waals surface area contributed by atoms with Crippen LogP contribution in [0.25, 0.3) is 0 Å². The second-order valence-electron chi connectivity index (χ2n) is 0.741. The summed E-state index contributed by atoms with van der Waals surface area (Å²) in [6.07, 6.45) is 0. The van der Waals surface area contributed by atoms with Crippen LogP contribution < -0.4 is 0 Å². The van der Waals surface area contributed by atoms with Crippen LogP contribution in [-0.2, 0) is 10.1 Å². The van der Waals surface area contributed by atoms with Gasteiger partial charge in [-0.25, -0.2) is 4.79 Å². The van der Waals surface area contributed by atoms with Gasteiger partial charge in [0.25, 0.3) is 0 Å². The van der Waals surface area contributed by atoms with Crippen molar-refractivity contribution in [2.45, 2.75) is 0 Å². The van der Waals surface area contributed by atoms with Crippen LogP contribution in [-0.4, -0.2) is 52.9 Å². The summed E-state index contributed by atoms with van der Waals surface area (Å²) in [5.74, 6) is 0. The molecule has 0 atom stereocenters. The summed E-state index contributed by atoms with van der Waals surface area (Å²) in [5, 5.41) is 5.18. The van der Waals surface area contributed by atoms with Crippen LogP contribution >= 0.6 is 0 Å². The first-order valence-electron chi connectivity index (χ1n) is 1.15. The van der Waals surface area contributed by atoms with E-state index < -0.39 is 15.4 Å². The van der Waals surface area contributed by atoms with Gasteiger partial charge in [0.15, 0.2) is 0 Å². The minimum absolute atomic E-state index is 0. The molecular formula is CH2NaO5S. The van der Waals surface area contributed by atoms with Crippen LogP contribution in [0.2, 0.25) is 0 Å². The van der Waals surface area contributed by atoms with Crippen molar-refractivity contribution in [2.75, 3.05) is 0 Å². The van der Waals surface area contributed by atoms with Gasteiger partial charge in [0.1, 0.15) is 0 Å². The van der Waals surface area contributed by atoms with Crippen molar-refractivity contribution in [2.24, 2.45) is 0 Å². The Labute approximate surface area is 67.7 Å². The smallest absolute Gasteiger partial charge is 0.449 e. The molecule has 2 N–H and O–H groups in total. The number of carbonyl (C=O) groups is 1. The van der Waals surface area contributed by atoms with E-state index in [0.717, 1.165) is 0 Å². The van der Waals surface area contributed by atoms with Gasteiger partial charge in [-0.3, -0.25) is 4.55 Å². The molecule has 0 rings (SSSR count). The van der Waals surface area contributed by atoms with Crippen molar-refractivity contribution in [1.82, 2.24) is 0 Å². The molecule has 0 aliphatic carbocycles. The minimum Gasteiger partial charge on any atom is -0.468 e. The van der Waals surface area contributed by atoms with Gasteiger partial charge in [0, 0.05) is 29.6 Å². The fraction of sp³-hybridized carbons (Fsp3) is 0. The molecule has 0 aromatic carbocycles. The van der Waals surface area contributed by atoms with Gasteiger partial charge in [0.05, 0.1) is 0 Å². The molecule has 0 saturated carbocycles. The molecule has 5 nitrogen and oxygen atoms in total. The zero-order valence-corrected chi connectivity index (χ0v) is 6.84. The monoisotopic (exact) mass is 149 g/mol. The van der Waals surface area contributed by atoms with E-state index in [4.69, 9.17) is 9.66 Å². The van der Waals surface area contributed by atoms with E-state index in [-0.39, 0.29) is 29.6 Å². The first-order chi connectivity index (χ1) is 2.94. The van der Waals surface area contributed by atoms with Crippen LogP contribution in [0.4, 0.5) is 4.79 Å². The fourth-order valence-corrected chi connectivity index (χ4v) is 0. The van der Waals surface area contributed by atoms with E-state index in [9.17, 15) is 13.2 Å². The van der Waals surface area contributed by atoms with Gasteiger partial charge in [-0.15, -0.1) is 0 Å². The third-order valence-corrected chi connectivity index (χ3v) is 0.662. The number of carboxylic acid groups (broad SMARTS) is 1. The molecule has 0 fully saturated rings. The number of hydrogen-bond acceptors (Lipinski definition) is 3. The van der Waals surface area contributed by atoms with Crippen LogP contribution in [0.3, 0.4) is 0 Å². The molecule has 1 radical (unpaired) electrons. The maximum Gasteiger partial charge on any atom is 0.449 e. The predicted octanol–water partition coefficient (Wildman–Crippen LogP) is -0.829. The Morgan fingerprint density at radius 3 is 1.50 bits per heavy atom. The Morgan fingerprint density at radius 1 is 1.38 bits per heavy atom. The predicted molar refractivity (Wildman–Crippen MR) is 25.3 cm³/mol. The molecule has 0 amide bonds. The Kier molecular flexibility index (Phi) is 4.79. The van der Waals surface area contributed by atoms with Crippen molar-refractivity contribution in [1.29, 1.82) is 0 Å². The normalized spacial score (nSPS) is 9.62. The molecule has 0 aliphatic heterocycles. The molecule has 0 aromatic heterocycles. The van der Waals surface area contributed by atoms with E-state index in [2.05, 4.69) is 0 Å². The van der Waals surface area contributed by atoms with Crippen LogP contribution in [0.15, 0.2) is 0 Å². The molecule has 0 bridgehead atoms. The summed E-state index contributed by atoms with van der Waals surface area (Å²) in [6.45, 7) is 0. The molecular weight excluding hydrogens is 147 g/mol. The van der Waals surface area contributed by atoms with Crippen LogP contribution in [0.1, 0.15) is 0 Å². The standard InChI is InChI=1S/CH2O5S.Na/c2-1(3)7(4,5)6;/h(H,2,3)(H,4,5,6);. The number of rotatable bonds is 0. The molecule has 0 saturated heterocycles. The SMILES string of the molecule is O=C(O)S(=O)(=O)O.[Na]. The van der Waals surface area contributed by atoms with E-state index in [1.165, 1.54) is 0 Å². The molecule has 8 heavy (non-hydrogen) atoms. The summed E-state index contributed by atoms with van der Waals surface area (Å²) in [6, 6.07) is 0. The van der Waals surface area contributed by atoms with Crippen molar-refractivity contribution in [3.8, 4) is 0 Å². The van der Waals surface area contributed by atoms with Crippen molar-refractivity contribution in [3.63, 3.8) is 0 Å². The first kappa shape index (κ1) is 11.2. The van der Waals surface area contributed by atoms with Crippen LogP contribution in [0, 0.1) is 0 Å².